The quantitative estimate of drug-likeness (QED) is 0.638. The third kappa shape index (κ3) is 5.86. The van der Waals surface area contributed by atoms with Crippen molar-refractivity contribution in [2.75, 3.05) is 37.4 Å². The van der Waals surface area contributed by atoms with Gasteiger partial charge in [0.15, 0.2) is 0 Å². The second kappa shape index (κ2) is 9.80. The van der Waals surface area contributed by atoms with E-state index in [0.717, 1.165) is 24.3 Å². The van der Waals surface area contributed by atoms with Crippen molar-refractivity contribution in [1.82, 2.24) is 14.9 Å². The van der Waals surface area contributed by atoms with E-state index in [9.17, 15) is 4.79 Å². The van der Waals surface area contributed by atoms with Gasteiger partial charge in [-0.2, -0.15) is 0 Å². The van der Waals surface area contributed by atoms with Gasteiger partial charge in [0.1, 0.15) is 17.3 Å². The van der Waals surface area contributed by atoms with Crippen molar-refractivity contribution in [2.45, 2.75) is 13.5 Å². The van der Waals surface area contributed by atoms with Crippen molar-refractivity contribution < 1.29 is 4.79 Å². The maximum atomic E-state index is 13.4. The average molecular weight is 390 g/mol. The third-order valence-electron chi connectivity index (χ3n) is 4.42. The fourth-order valence-electron chi connectivity index (χ4n) is 2.97. The van der Waals surface area contributed by atoms with E-state index in [0.29, 0.717) is 23.9 Å². The summed E-state index contributed by atoms with van der Waals surface area (Å²) in [6.45, 7) is 3.88. The first-order valence-corrected chi connectivity index (χ1v) is 9.68. The molecule has 6 nitrogen and oxygen atoms in total. The number of aryl methyl sites for hydroxylation is 1. The Bertz CT molecular complexity index is 929. The van der Waals surface area contributed by atoms with Crippen LogP contribution in [0.25, 0.3) is 0 Å². The Hall–Kier alpha value is -3.25. The summed E-state index contributed by atoms with van der Waals surface area (Å²) in [5, 5.41) is 3.28. The number of hydrogen-bond acceptors (Lipinski definition) is 5. The van der Waals surface area contributed by atoms with Crippen LogP contribution in [0.3, 0.4) is 0 Å². The summed E-state index contributed by atoms with van der Waals surface area (Å²) in [4.78, 5) is 26.1. The first-order chi connectivity index (χ1) is 14.0. The number of amides is 1. The lowest BCUT2D eigenvalue weighted by Gasteiger charge is -2.23. The van der Waals surface area contributed by atoms with Gasteiger partial charge in [0.2, 0.25) is 0 Å². The van der Waals surface area contributed by atoms with E-state index in [4.69, 9.17) is 0 Å². The van der Waals surface area contributed by atoms with Gasteiger partial charge in [-0.3, -0.25) is 4.79 Å². The highest BCUT2D eigenvalue weighted by molar-refractivity contribution is 6.05. The van der Waals surface area contributed by atoms with Crippen LogP contribution in [0.2, 0.25) is 0 Å². The molecule has 0 bridgehead atoms. The second-order valence-corrected chi connectivity index (χ2v) is 7.13. The number of benzene rings is 2. The molecule has 0 unspecified atom stereocenters. The molecule has 150 valence electrons. The van der Waals surface area contributed by atoms with Gasteiger partial charge >= 0.3 is 0 Å². The monoisotopic (exact) mass is 389 g/mol. The second-order valence-electron chi connectivity index (χ2n) is 7.13. The fourth-order valence-corrected chi connectivity index (χ4v) is 2.97. The molecule has 1 heterocycles. The number of carbonyl (C=O) groups excluding carboxylic acids is 1. The van der Waals surface area contributed by atoms with E-state index in [2.05, 4.69) is 20.2 Å². The average Bonchev–Trinajstić information content (AvgIpc) is 2.72. The van der Waals surface area contributed by atoms with Gasteiger partial charge in [-0.25, -0.2) is 9.97 Å². The molecule has 1 aromatic heterocycles. The van der Waals surface area contributed by atoms with E-state index in [1.54, 1.807) is 17.9 Å². The van der Waals surface area contributed by atoms with E-state index in [1.807, 2.05) is 74.8 Å². The molecule has 0 spiro atoms. The van der Waals surface area contributed by atoms with Crippen molar-refractivity contribution in [2.24, 2.45) is 0 Å². The molecule has 3 rings (SSSR count). The number of para-hydroxylation sites is 1. The van der Waals surface area contributed by atoms with Crippen LogP contribution in [0.1, 0.15) is 21.9 Å². The number of aromatic nitrogens is 2. The number of nitrogens with zero attached hydrogens (tertiary/aromatic N) is 4. The van der Waals surface area contributed by atoms with E-state index >= 15 is 0 Å². The molecule has 0 saturated carbocycles. The summed E-state index contributed by atoms with van der Waals surface area (Å²) < 4.78 is 0. The van der Waals surface area contributed by atoms with Crippen LogP contribution in [-0.2, 0) is 6.54 Å². The maximum absolute atomic E-state index is 13.4. The molecule has 1 N–H and O–H groups in total. The molecule has 0 saturated heterocycles. The highest BCUT2D eigenvalue weighted by Gasteiger charge is 2.20. The standard InChI is InChI=1S/C23H27N5O/c1-18-25-21(16-22(26-18)24-14-15-27(2)3)23(29)28(20-12-8-5-9-13-20)17-19-10-6-4-7-11-19/h4-13,16H,14-15,17H2,1-3H3,(H,24,25,26). The molecule has 0 aliphatic heterocycles. The van der Waals surface area contributed by atoms with E-state index < -0.39 is 0 Å². The smallest absolute Gasteiger partial charge is 0.277 e. The number of carbonyl (C=O) groups is 1. The molecule has 29 heavy (non-hydrogen) atoms. The number of rotatable bonds is 8. The van der Waals surface area contributed by atoms with Gasteiger partial charge in [0, 0.05) is 24.8 Å². The predicted molar refractivity (Wildman–Crippen MR) is 117 cm³/mol. The van der Waals surface area contributed by atoms with Crippen molar-refractivity contribution in [3.8, 4) is 0 Å². The number of anilines is 2. The SMILES string of the molecule is Cc1nc(NCCN(C)C)cc(C(=O)N(Cc2ccccc2)c2ccccc2)n1. The molecular weight excluding hydrogens is 362 g/mol. The first-order valence-electron chi connectivity index (χ1n) is 9.68. The minimum absolute atomic E-state index is 0.152. The highest BCUT2D eigenvalue weighted by atomic mass is 16.2. The Morgan fingerprint density at radius 3 is 2.28 bits per heavy atom. The van der Waals surface area contributed by atoms with Crippen LogP contribution in [0.4, 0.5) is 11.5 Å². The number of nitrogens with one attached hydrogen (secondary N) is 1. The topological polar surface area (TPSA) is 61.4 Å². The minimum atomic E-state index is -0.152. The fraction of sp³-hybridized carbons (Fsp3) is 0.261. The highest BCUT2D eigenvalue weighted by Crippen LogP contribution is 2.20. The molecule has 3 aromatic rings. The lowest BCUT2D eigenvalue weighted by molar-refractivity contribution is 0.0980. The van der Waals surface area contributed by atoms with Crippen LogP contribution in [0, 0.1) is 6.92 Å². The van der Waals surface area contributed by atoms with Crippen LogP contribution >= 0.6 is 0 Å². The molecule has 1 amide bonds. The van der Waals surface area contributed by atoms with Gasteiger partial charge in [-0.15, -0.1) is 0 Å². The van der Waals surface area contributed by atoms with Gasteiger partial charge in [-0.1, -0.05) is 48.5 Å². The van der Waals surface area contributed by atoms with E-state index in [1.165, 1.54) is 0 Å². The zero-order valence-electron chi connectivity index (χ0n) is 17.2. The number of likely N-dealkylation sites (N-methyl/N-ethyl adjacent to an activating group) is 1. The van der Waals surface area contributed by atoms with Crippen molar-refractivity contribution >= 4 is 17.4 Å². The van der Waals surface area contributed by atoms with Gasteiger partial charge in [0.25, 0.3) is 5.91 Å². The Morgan fingerprint density at radius 1 is 0.966 bits per heavy atom. The van der Waals surface area contributed by atoms with Gasteiger partial charge in [-0.05, 0) is 38.7 Å². The molecule has 0 radical (unpaired) electrons. The van der Waals surface area contributed by atoms with Crippen LogP contribution < -0.4 is 10.2 Å². The van der Waals surface area contributed by atoms with Gasteiger partial charge in [0.05, 0.1) is 6.54 Å². The summed E-state index contributed by atoms with van der Waals surface area (Å²) in [5.74, 6) is 1.08. The summed E-state index contributed by atoms with van der Waals surface area (Å²) in [6.07, 6.45) is 0. The molecule has 0 aliphatic rings. The maximum Gasteiger partial charge on any atom is 0.277 e. The number of hydrogen-bond donors (Lipinski definition) is 1. The predicted octanol–water partition coefficient (Wildman–Crippen LogP) is 3.61. The Morgan fingerprint density at radius 2 is 1.62 bits per heavy atom. The van der Waals surface area contributed by atoms with Gasteiger partial charge < -0.3 is 15.1 Å². The third-order valence-corrected chi connectivity index (χ3v) is 4.42. The summed E-state index contributed by atoms with van der Waals surface area (Å²) in [7, 11) is 4.03. The largest absolute Gasteiger partial charge is 0.369 e. The zero-order chi connectivity index (χ0) is 20.6. The lowest BCUT2D eigenvalue weighted by atomic mass is 10.1. The normalized spacial score (nSPS) is 10.8. The Kier molecular flexibility index (Phi) is 6.92. The molecule has 0 aliphatic carbocycles. The Labute approximate surface area is 172 Å². The molecule has 6 heteroatoms. The summed E-state index contributed by atoms with van der Waals surface area (Å²) in [5.41, 5.74) is 2.27. The first kappa shape index (κ1) is 20.5. The van der Waals surface area contributed by atoms with Crippen molar-refractivity contribution in [3.05, 3.63) is 83.8 Å². The zero-order valence-corrected chi connectivity index (χ0v) is 17.2. The van der Waals surface area contributed by atoms with Crippen LogP contribution in [0.5, 0.6) is 0 Å². The van der Waals surface area contributed by atoms with E-state index in [-0.39, 0.29) is 5.91 Å². The summed E-state index contributed by atoms with van der Waals surface area (Å²) in [6, 6.07) is 21.4. The molecule has 0 atom stereocenters. The molecular formula is C23H27N5O. The summed E-state index contributed by atoms with van der Waals surface area (Å²) >= 11 is 0. The molecule has 0 fully saturated rings. The van der Waals surface area contributed by atoms with Crippen LogP contribution in [-0.4, -0.2) is 48.0 Å². The Balaban J connectivity index is 1.88. The van der Waals surface area contributed by atoms with Crippen LogP contribution in [0.15, 0.2) is 66.7 Å². The minimum Gasteiger partial charge on any atom is -0.369 e. The lowest BCUT2D eigenvalue weighted by Crippen LogP contribution is -2.31. The molecule has 2 aromatic carbocycles. The van der Waals surface area contributed by atoms with Crippen molar-refractivity contribution in [1.29, 1.82) is 0 Å². The van der Waals surface area contributed by atoms with Crippen molar-refractivity contribution in [3.63, 3.8) is 0 Å².